The number of H-pyrrole nitrogens is 1. The molecule has 0 atom stereocenters. The summed E-state index contributed by atoms with van der Waals surface area (Å²) in [4.78, 5) is 24.6. The van der Waals surface area contributed by atoms with Crippen LogP contribution in [0.5, 0.6) is 0 Å². The van der Waals surface area contributed by atoms with Crippen LogP contribution < -0.4 is 5.32 Å². The van der Waals surface area contributed by atoms with Crippen LogP contribution in [0.4, 0.5) is 4.39 Å². The second kappa shape index (κ2) is 9.23. The molecule has 0 saturated heterocycles. The SMILES string of the molecule is CCc1cnc2ccc(Cc3cc(C(=O)NCc4ccc5[nH]cc(Cl)c5c4F)ccn3)cc2c1. The molecule has 1 amide bonds. The molecule has 0 aliphatic rings. The van der Waals surface area contributed by atoms with Gasteiger partial charge in [-0.1, -0.05) is 30.7 Å². The number of carbonyl (C=O) groups is 1. The van der Waals surface area contributed by atoms with Crippen molar-refractivity contribution in [3.05, 3.63) is 106 Å². The minimum absolute atomic E-state index is 0.0528. The van der Waals surface area contributed by atoms with Crippen molar-refractivity contribution < 1.29 is 9.18 Å². The maximum Gasteiger partial charge on any atom is 0.251 e. The Morgan fingerprint density at radius 2 is 1.94 bits per heavy atom. The molecular formula is C27H22ClFN4O. The zero-order valence-corrected chi connectivity index (χ0v) is 19.3. The fourth-order valence-electron chi connectivity index (χ4n) is 4.06. The van der Waals surface area contributed by atoms with Gasteiger partial charge in [0.2, 0.25) is 0 Å². The topological polar surface area (TPSA) is 70.7 Å². The number of amides is 1. The zero-order chi connectivity index (χ0) is 23.7. The molecule has 0 fully saturated rings. The number of benzene rings is 2. The summed E-state index contributed by atoms with van der Waals surface area (Å²) < 4.78 is 14.8. The highest BCUT2D eigenvalue weighted by Crippen LogP contribution is 2.28. The lowest BCUT2D eigenvalue weighted by molar-refractivity contribution is 0.0950. The number of nitrogens with zero attached hydrogens (tertiary/aromatic N) is 2. The molecule has 34 heavy (non-hydrogen) atoms. The molecule has 0 spiro atoms. The van der Waals surface area contributed by atoms with Crippen molar-refractivity contribution in [3.63, 3.8) is 0 Å². The maximum absolute atomic E-state index is 14.8. The van der Waals surface area contributed by atoms with Crippen LogP contribution in [-0.2, 0) is 19.4 Å². The standard InChI is InChI=1S/C27H22ClFN4O/c1-2-16-9-20-10-17(3-5-23(20)31-13-16)11-21-12-18(7-8-30-21)27(34)33-14-19-4-6-24-25(26(19)29)22(28)15-32-24/h3-10,12-13,15,32H,2,11,14H2,1H3,(H,33,34). The summed E-state index contributed by atoms with van der Waals surface area (Å²) in [5, 5.41) is 4.53. The van der Waals surface area contributed by atoms with Gasteiger partial charge in [0.15, 0.2) is 0 Å². The first-order valence-corrected chi connectivity index (χ1v) is 11.4. The second-order valence-electron chi connectivity index (χ2n) is 8.22. The number of hydrogen-bond acceptors (Lipinski definition) is 3. The van der Waals surface area contributed by atoms with E-state index in [9.17, 15) is 9.18 Å². The largest absolute Gasteiger partial charge is 0.360 e. The summed E-state index contributed by atoms with van der Waals surface area (Å²) in [7, 11) is 0. The predicted molar refractivity (Wildman–Crippen MR) is 133 cm³/mol. The Kier molecular flexibility index (Phi) is 5.99. The molecule has 0 aliphatic carbocycles. The second-order valence-corrected chi connectivity index (χ2v) is 8.62. The third-order valence-electron chi connectivity index (χ3n) is 5.93. The highest BCUT2D eigenvalue weighted by molar-refractivity contribution is 6.35. The Morgan fingerprint density at radius 1 is 1.09 bits per heavy atom. The molecule has 5 aromatic rings. The van der Waals surface area contributed by atoms with Gasteiger partial charge in [-0.25, -0.2) is 4.39 Å². The third kappa shape index (κ3) is 4.37. The maximum atomic E-state index is 14.8. The quantitative estimate of drug-likeness (QED) is 0.319. The Labute approximate surface area is 201 Å². The molecule has 0 unspecified atom stereocenters. The minimum Gasteiger partial charge on any atom is -0.360 e. The first-order chi connectivity index (χ1) is 16.5. The lowest BCUT2D eigenvalue weighted by Gasteiger charge is -2.09. The van der Waals surface area contributed by atoms with Crippen molar-refractivity contribution in [2.24, 2.45) is 0 Å². The van der Waals surface area contributed by atoms with Crippen LogP contribution in [0.15, 0.2) is 67.1 Å². The van der Waals surface area contributed by atoms with E-state index in [1.807, 2.05) is 18.3 Å². The van der Waals surface area contributed by atoms with Crippen LogP contribution in [0.1, 0.15) is 39.7 Å². The molecule has 0 radical (unpaired) electrons. The van der Waals surface area contributed by atoms with E-state index >= 15 is 0 Å². The van der Waals surface area contributed by atoms with E-state index in [-0.39, 0.29) is 12.5 Å². The Hall–Kier alpha value is -3.77. The van der Waals surface area contributed by atoms with Gasteiger partial charge in [-0.2, -0.15) is 0 Å². The Morgan fingerprint density at radius 3 is 2.79 bits per heavy atom. The predicted octanol–water partition coefficient (Wildman–Crippen LogP) is 5.99. The van der Waals surface area contributed by atoms with E-state index in [0.717, 1.165) is 28.6 Å². The number of aromatic amines is 1. The normalized spacial score (nSPS) is 11.3. The first kappa shape index (κ1) is 22.0. The van der Waals surface area contributed by atoms with Gasteiger partial charge in [-0.3, -0.25) is 14.8 Å². The molecule has 3 heterocycles. The number of carbonyl (C=O) groups excluding carboxylic acids is 1. The van der Waals surface area contributed by atoms with Gasteiger partial charge in [0.25, 0.3) is 5.91 Å². The summed E-state index contributed by atoms with van der Waals surface area (Å²) in [5.41, 5.74) is 5.47. The summed E-state index contributed by atoms with van der Waals surface area (Å²) in [6, 6.07) is 15.1. The molecule has 5 nitrogen and oxygen atoms in total. The minimum atomic E-state index is -0.434. The number of aryl methyl sites for hydroxylation is 1. The summed E-state index contributed by atoms with van der Waals surface area (Å²) >= 11 is 6.07. The Balaban J connectivity index is 1.31. The number of fused-ring (bicyclic) bond motifs is 2. The van der Waals surface area contributed by atoms with E-state index in [1.165, 1.54) is 5.56 Å². The van der Waals surface area contributed by atoms with Crippen molar-refractivity contribution in [3.8, 4) is 0 Å². The number of nitrogens with one attached hydrogen (secondary N) is 2. The van der Waals surface area contributed by atoms with Crippen molar-refractivity contribution >= 4 is 39.3 Å². The van der Waals surface area contributed by atoms with Gasteiger partial charge in [0.1, 0.15) is 5.82 Å². The molecule has 170 valence electrons. The van der Waals surface area contributed by atoms with Gasteiger partial charge in [0, 0.05) is 59.3 Å². The fourth-order valence-corrected chi connectivity index (χ4v) is 4.29. The first-order valence-electron chi connectivity index (χ1n) is 11.1. The number of halogens is 2. The van der Waals surface area contributed by atoms with Crippen LogP contribution in [0, 0.1) is 5.82 Å². The van der Waals surface area contributed by atoms with Crippen LogP contribution in [0.2, 0.25) is 5.02 Å². The lowest BCUT2D eigenvalue weighted by atomic mass is 10.0. The molecular weight excluding hydrogens is 451 g/mol. The van der Waals surface area contributed by atoms with Crippen LogP contribution in [0.3, 0.4) is 0 Å². The van der Waals surface area contributed by atoms with Crippen molar-refractivity contribution in [2.45, 2.75) is 26.3 Å². The average Bonchev–Trinajstić information content (AvgIpc) is 3.24. The zero-order valence-electron chi connectivity index (χ0n) is 18.5. The molecule has 2 N–H and O–H groups in total. The van der Waals surface area contributed by atoms with E-state index in [1.54, 1.807) is 36.7 Å². The van der Waals surface area contributed by atoms with E-state index < -0.39 is 5.82 Å². The van der Waals surface area contributed by atoms with Gasteiger partial charge < -0.3 is 10.3 Å². The molecule has 5 rings (SSSR count). The highest BCUT2D eigenvalue weighted by Gasteiger charge is 2.14. The van der Waals surface area contributed by atoms with Crippen LogP contribution >= 0.6 is 11.6 Å². The Bertz CT molecular complexity index is 1530. The average molecular weight is 473 g/mol. The molecule has 3 aromatic heterocycles. The van der Waals surface area contributed by atoms with Crippen LogP contribution in [-0.4, -0.2) is 20.9 Å². The van der Waals surface area contributed by atoms with E-state index in [4.69, 9.17) is 11.6 Å². The van der Waals surface area contributed by atoms with E-state index in [0.29, 0.717) is 33.5 Å². The van der Waals surface area contributed by atoms with Crippen molar-refractivity contribution in [2.75, 3.05) is 0 Å². The number of hydrogen-bond donors (Lipinski definition) is 2. The smallest absolute Gasteiger partial charge is 0.251 e. The van der Waals surface area contributed by atoms with Crippen molar-refractivity contribution in [1.82, 2.24) is 20.3 Å². The summed E-state index contributed by atoms with van der Waals surface area (Å²) in [6.07, 6.45) is 6.59. The molecule has 7 heteroatoms. The van der Waals surface area contributed by atoms with Gasteiger partial charge in [-0.15, -0.1) is 0 Å². The molecule has 0 bridgehead atoms. The highest BCUT2D eigenvalue weighted by atomic mass is 35.5. The van der Waals surface area contributed by atoms with Gasteiger partial charge in [0.05, 0.1) is 15.9 Å². The van der Waals surface area contributed by atoms with Crippen LogP contribution in [0.25, 0.3) is 21.8 Å². The van der Waals surface area contributed by atoms with Crippen molar-refractivity contribution in [1.29, 1.82) is 0 Å². The summed E-state index contributed by atoms with van der Waals surface area (Å²) in [5.74, 6) is -0.727. The van der Waals surface area contributed by atoms with Gasteiger partial charge >= 0.3 is 0 Å². The molecule has 0 aliphatic heterocycles. The fraction of sp³-hybridized carbons (Fsp3) is 0.148. The van der Waals surface area contributed by atoms with Gasteiger partial charge in [-0.05, 0) is 53.9 Å². The number of aromatic nitrogens is 3. The number of pyridine rings is 2. The molecule has 0 saturated carbocycles. The molecule has 2 aromatic carbocycles. The number of rotatable bonds is 6. The van der Waals surface area contributed by atoms with E-state index in [2.05, 4.69) is 39.3 Å². The summed E-state index contributed by atoms with van der Waals surface area (Å²) in [6.45, 7) is 2.16. The monoisotopic (exact) mass is 472 g/mol. The third-order valence-corrected chi connectivity index (χ3v) is 6.23. The lowest BCUT2D eigenvalue weighted by Crippen LogP contribution is -2.23.